The first-order valence-corrected chi connectivity index (χ1v) is 9.67. The molecule has 2 aliphatic heterocycles. The van der Waals surface area contributed by atoms with Crippen LogP contribution in [0, 0.1) is 11.8 Å². The number of carbonyl (C=O) groups excluding carboxylic acids is 1. The summed E-state index contributed by atoms with van der Waals surface area (Å²) in [7, 11) is 0. The van der Waals surface area contributed by atoms with Gasteiger partial charge >= 0.3 is 0 Å². The second-order valence-electron chi connectivity index (χ2n) is 7.90. The predicted molar refractivity (Wildman–Crippen MR) is 95.5 cm³/mol. The molecule has 1 aromatic heterocycles. The van der Waals surface area contributed by atoms with Crippen molar-refractivity contribution in [1.82, 2.24) is 15.0 Å². The molecule has 3 heterocycles. The molecule has 0 saturated carbocycles. The highest BCUT2D eigenvalue weighted by Crippen LogP contribution is 2.27. The molecule has 0 bridgehead atoms. The van der Waals surface area contributed by atoms with Crippen LogP contribution >= 0.6 is 0 Å². The van der Waals surface area contributed by atoms with E-state index in [0.717, 1.165) is 25.3 Å². The molecule has 0 aliphatic carbocycles. The molecule has 1 N–H and O–H groups in total. The Morgan fingerprint density at radius 1 is 1.24 bits per heavy atom. The fourth-order valence-corrected chi connectivity index (χ4v) is 3.99. The molecule has 0 spiro atoms. The van der Waals surface area contributed by atoms with Crippen LogP contribution in [0.25, 0.3) is 0 Å². The van der Waals surface area contributed by atoms with E-state index in [2.05, 4.69) is 10.1 Å². The van der Waals surface area contributed by atoms with Crippen molar-refractivity contribution >= 4 is 5.91 Å². The Morgan fingerprint density at radius 2 is 1.92 bits per heavy atom. The molecule has 3 rings (SSSR count). The van der Waals surface area contributed by atoms with E-state index in [9.17, 15) is 9.90 Å². The van der Waals surface area contributed by atoms with Gasteiger partial charge in [-0.3, -0.25) is 4.79 Å². The molecule has 0 unspecified atom stereocenters. The van der Waals surface area contributed by atoms with Crippen molar-refractivity contribution in [2.45, 2.75) is 45.4 Å². The molecular formula is C19H31N3O3. The van der Waals surface area contributed by atoms with Crippen LogP contribution in [0.4, 0.5) is 0 Å². The molecule has 2 aliphatic rings. The fraction of sp³-hybridized carbons (Fsp3) is 0.789. The van der Waals surface area contributed by atoms with Crippen molar-refractivity contribution in [1.29, 1.82) is 0 Å². The maximum Gasteiger partial charge on any atom is 0.292 e. The first kappa shape index (κ1) is 18.4. The Bertz CT molecular complexity index is 564. The van der Waals surface area contributed by atoms with Gasteiger partial charge < -0.3 is 19.4 Å². The first-order valence-electron chi connectivity index (χ1n) is 9.67. The van der Waals surface area contributed by atoms with E-state index >= 15 is 0 Å². The van der Waals surface area contributed by atoms with E-state index in [1.165, 1.54) is 25.7 Å². The zero-order valence-electron chi connectivity index (χ0n) is 15.5. The summed E-state index contributed by atoms with van der Waals surface area (Å²) in [5.74, 6) is 0.941. The van der Waals surface area contributed by atoms with Crippen LogP contribution < -0.4 is 0 Å². The van der Waals surface area contributed by atoms with Crippen LogP contribution in [-0.2, 0) is 0 Å². The minimum absolute atomic E-state index is 0.101. The molecule has 0 radical (unpaired) electrons. The Morgan fingerprint density at radius 3 is 2.52 bits per heavy atom. The van der Waals surface area contributed by atoms with Gasteiger partial charge in [-0.1, -0.05) is 31.8 Å². The SMILES string of the molecule is CC(C)c1cc(C(=O)N2C[C@@H](CN3CCCCCC3)[C@@H](CO)C2)on1. The summed E-state index contributed by atoms with van der Waals surface area (Å²) in [6, 6.07) is 1.75. The minimum Gasteiger partial charge on any atom is -0.396 e. The van der Waals surface area contributed by atoms with Crippen LogP contribution in [0.15, 0.2) is 10.6 Å². The summed E-state index contributed by atoms with van der Waals surface area (Å²) in [4.78, 5) is 17.1. The van der Waals surface area contributed by atoms with Crippen molar-refractivity contribution in [3.8, 4) is 0 Å². The van der Waals surface area contributed by atoms with Crippen LogP contribution in [0.2, 0.25) is 0 Å². The molecule has 6 heteroatoms. The molecule has 1 aromatic rings. The van der Waals surface area contributed by atoms with Crippen molar-refractivity contribution < 1.29 is 14.4 Å². The zero-order valence-corrected chi connectivity index (χ0v) is 15.5. The van der Waals surface area contributed by atoms with E-state index in [4.69, 9.17) is 4.52 Å². The van der Waals surface area contributed by atoms with Crippen LogP contribution in [0.1, 0.15) is 61.7 Å². The van der Waals surface area contributed by atoms with Gasteiger partial charge in [0, 0.05) is 38.2 Å². The molecule has 0 aromatic carbocycles. The number of amides is 1. The lowest BCUT2D eigenvalue weighted by atomic mass is 9.96. The third-order valence-corrected chi connectivity index (χ3v) is 5.62. The summed E-state index contributed by atoms with van der Waals surface area (Å²) in [5.41, 5.74) is 0.808. The normalized spacial score (nSPS) is 25.5. The quantitative estimate of drug-likeness (QED) is 0.884. The molecule has 2 atom stereocenters. The van der Waals surface area contributed by atoms with Gasteiger partial charge in [-0.15, -0.1) is 0 Å². The lowest BCUT2D eigenvalue weighted by molar-refractivity contribution is 0.0737. The van der Waals surface area contributed by atoms with Crippen LogP contribution in [0.3, 0.4) is 0 Å². The van der Waals surface area contributed by atoms with Gasteiger partial charge in [-0.25, -0.2) is 0 Å². The smallest absolute Gasteiger partial charge is 0.292 e. The van der Waals surface area contributed by atoms with E-state index in [1.54, 1.807) is 6.07 Å². The molecular weight excluding hydrogens is 318 g/mol. The van der Waals surface area contributed by atoms with Gasteiger partial charge in [-0.2, -0.15) is 0 Å². The summed E-state index contributed by atoms with van der Waals surface area (Å²) in [6.07, 6.45) is 5.15. The largest absolute Gasteiger partial charge is 0.396 e. The second-order valence-corrected chi connectivity index (χ2v) is 7.90. The molecule has 25 heavy (non-hydrogen) atoms. The standard InChI is InChI=1S/C19H31N3O3/c1-14(2)17-9-18(25-20-17)19(24)22-11-15(16(12-22)13-23)10-21-7-5-3-4-6-8-21/h9,14-16,23H,3-8,10-13H2,1-2H3/t15-,16-/m1/s1. The first-order chi connectivity index (χ1) is 12.1. The predicted octanol–water partition coefficient (Wildman–Crippen LogP) is 2.35. The van der Waals surface area contributed by atoms with E-state index < -0.39 is 0 Å². The number of hydrogen-bond acceptors (Lipinski definition) is 5. The lowest BCUT2D eigenvalue weighted by Crippen LogP contribution is -2.35. The summed E-state index contributed by atoms with van der Waals surface area (Å²) >= 11 is 0. The number of carbonyl (C=O) groups is 1. The molecule has 6 nitrogen and oxygen atoms in total. The minimum atomic E-state index is -0.101. The highest BCUT2D eigenvalue weighted by molar-refractivity contribution is 5.91. The summed E-state index contributed by atoms with van der Waals surface area (Å²) < 4.78 is 5.26. The van der Waals surface area contributed by atoms with Gasteiger partial charge in [0.15, 0.2) is 0 Å². The summed E-state index contributed by atoms with van der Waals surface area (Å²) in [5, 5.41) is 13.8. The Balaban J connectivity index is 1.62. The Labute approximate surface area is 150 Å². The number of aliphatic hydroxyl groups excluding tert-OH is 1. The maximum atomic E-state index is 12.7. The number of aromatic nitrogens is 1. The number of aliphatic hydroxyl groups is 1. The van der Waals surface area contributed by atoms with Crippen molar-refractivity contribution in [3.63, 3.8) is 0 Å². The summed E-state index contributed by atoms with van der Waals surface area (Å²) in [6.45, 7) is 8.75. The van der Waals surface area contributed by atoms with Gasteiger partial charge in [0.25, 0.3) is 5.91 Å². The highest BCUT2D eigenvalue weighted by Gasteiger charge is 2.37. The molecule has 2 fully saturated rings. The number of rotatable bonds is 5. The van der Waals surface area contributed by atoms with Crippen LogP contribution in [-0.4, -0.2) is 65.3 Å². The Hall–Kier alpha value is -1.40. The third kappa shape index (κ3) is 4.42. The van der Waals surface area contributed by atoms with Gasteiger partial charge in [0.2, 0.25) is 5.76 Å². The monoisotopic (exact) mass is 349 g/mol. The van der Waals surface area contributed by atoms with E-state index in [-0.39, 0.29) is 24.3 Å². The lowest BCUT2D eigenvalue weighted by Gasteiger charge is -2.26. The van der Waals surface area contributed by atoms with Gasteiger partial charge in [0.1, 0.15) is 0 Å². The number of nitrogens with zero attached hydrogens (tertiary/aromatic N) is 3. The van der Waals surface area contributed by atoms with Crippen molar-refractivity contribution in [3.05, 3.63) is 17.5 Å². The van der Waals surface area contributed by atoms with E-state index in [0.29, 0.717) is 24.8 Å². The maximum absolute atomic E-state index is 12.7. The van der Waals surface area contributed by atoms with E-state index in [1.807, 2.05) is 18.7 Å². The van der Waals surface area contributed by atoms with Gasteiger partial charge in [0.05, 0.1) is 5.69 Å². The molecule has 2 saturated heterocycles. The molecule has 1 amide bonds. The fourth-order valence-electron chi connectivity index (χ4n) is 3.99. The second kappa shape index (κ2) is 8.32. The zero-order chi connectivity index (χ0) is 17.8. The average molecular weight is 349 g/mol. The number of hydrogen-bond donors (Lipinski definition) is 1. The molecule has 140 valence electrons. The third-order valence-electron chi connectivity index (χ3n) is 5.62. The van der Waals surface area contributed by atoms with Crippen LogP contribution in [0.5, 0.6) is 0 Å². The topological polar surface area (TPSA) is 69.8 Å². The Kier molecular flexibility index (Phi) is 6.12. The average Bonchev–Trinajstić information content (AvgIpc) is 3.16. The van der Waals surface area contributed by atoms with Gasteiger partial charge in [-0.05, 0) is 37.8 Å². The number of likely N-dealkylation sites (tertiary alicyclic amines) is 2. The van der Waals surface area contributed by atoms with Crippen molar-refractivity contribution in [2.24, 2.45) is 11.8 Å². The van der Waals surface area contributed by atoms with Crippen molar-refractivity contribution in [2.75, 3.05) is 39.3 Å². The highest BCUT2D eigenvalue weighted by atomic mass is 16.5.